The zero-order valence-corrected chi connectivity index (χ0v) is 11.8. The molecule has 0 unspecified atom stereocenters. The molecule has 3 rings (SSSR count). The zero-order valence-electron chi connectivity index (χ0n) is 10.9. The summed E-state index contributed by atoms with van der Waals surface area (Å²) in [4.78, 5) is 14.8. The number of ether oxygens (including phenoxy) is 1. The molecule has 3 aromatic rings. The molecule has 1 N–H and O–H groups in total. The predicted octanol–water partition coefficient (Wildman–Crippen LogP) is 4.01. The van der Waals surface area contributed by atoms with Gasteiger partial charge in [0, 0.05) is 5.56 Å². The Labute approximate surface area is 123 Å². The van der Waals surface area contributed by atoms with E-state index in [2.05, 4.69) is 4.98 Å². The summed E-state index contributed by atoms with van der Waals surface area (Å²) in [5, 5.41) is 21.0. The molecule has 0 saturated carbocycles. The number of fused-ring (bicyclic) bond motifs is 1. The lowest BCUT2D eigenvalue weighted by molar-refractivity contribution is -0.384. The Kier molecular flexibility index (Phi) is 3.19. The number of aromatic nitrogens is 1. The third-order valence-electron chi connectivity index (χ3n) is 3.10. The number of hydrogen-bond donors (Lipinski definition) is 1. The van der Waals surface area contributed by atoms with E-state index in [1.165, 1.54) is 17.4 Å². The van der Waals surface area contributed by atoms with Crippen LogP contribution in [0.15, 0.2) is 35.8 Å². The lowest BCUT2D eigenvalue weighted by Gasteiger charge is -2.10. The smallest absolute Gasteiger partial charge is 0.338 e. The van der Waals surface area contributed by atoms with Crippen molar-refractivity contribution in [1.82, 2.24) is 4.98 Å². The summed E-state index contributed by atoms with van der Waals surface area (Å²) in [7, 11) is 0. The Morgan fingerprint density at radius 2 is 2.10 bits per heavy atom. The minimum atomic E-state index is -0.504. The van der Waals surface area contributed by atoms with Crippen LogP contribution in [0.2, 0.25) is 0 Å². The van der Waals surface area contributed by atoms with Crippen LogP contribution in [0, 0.1) is 17.0 Å². The molecule has 1 heterocycles. The van der Waals surface area contributed by atoms with Crippen molar-refractivity contribution in [3.8, 4) is 17.2 Å². The van der Waals surface area contributed by atoms with Crippen molar-refractivity contribution in [2.24, 2.45) is 0 Å². The van der Waals surface area contributed by atoms with Gasteiger partial charge in [-0.05, 0) is 31.2 Å². The van der Waals surface area contributed by atoms with Gasteiger partial charge >= 0.3 is 5.69 Å². The molecule has 7 heteroatoms. The molecule has 2 aromatic carbocycles. The van der Waals surface area contributed by atoms with Gasteiger partial charge in [-0.25, -0.2) is 4.98 Å². The number of benzene rings is 2. The number of rotatable bonds is 3. The first-order valence-electron chi connectivity index (χ1n) is 6.05. The number of phenolic OH excluding ortho intramolecular Hbond substituents is 1. The van der Waals surface area contributed by atoms with Gasteiger partial charge < -0.3 is 9.84 Å². The standard InChI is InChI=1S/C14H10N2O4S/c1-8-9(17)3-2-4-10(8)20-11-5-6-12-13(15-7-21-12)14(11)16(18)19/h2-7,17H,1H3. The van der Waals surface area contributed by atoms with Crippen LogP contribution in [0.5, 0.6) is 17.2 Å². The maximum atomic E-state index is 11.3. The first kappa shape index (κ1) is 13.3. The first-order valence-corrected chi connectivity index (χ1v) is 6.93. The van der Waals surface area contributed by atoms with Crippen molar-refractivity contribution in [2.75, 3.05) is 0 Å². The average molecular weight is 302 g/mol. The van der Waals surface area contributed by atoms with Crippen LogP contribution >= 0.6 is 11.3 Å². The van der Waals surface area contributed by atoms with Crippen LogP contribution in [0.25, 0.3) is 10.2 Å². The second-order valence-electron chi connectivity index (χ2n) is 4.37. The lowest BCUT2D eigenvalue weighted by atomic mass is 10.2. The lowest BCUT2D eigenvalue weighted by Crippen LogP contribution is -1.95. The highest BCUT2D eigenvalue weighted by molar-refractivity contribution is 7.16. The van der Waals surface area contributed by atoms with Gasteiger partial charge in [-0.3, -0.25) is 10.1 Å². The largest absolute Gasteiger partial charge is 0.508 e. The third-order valence-corrected chi connectivity index (χ3v) is 3.89. The third kappa shape index (κ3) is 2.27. The van der Waals surface area contributed by atoms with Gasteiger partial charge in [-0.15, -0.1) is 11.3 Å². The Hall–Kier alpha value is -2.67. The SMILES string of the molecule is Cc1c(O)cccc1Oc1ccc2scnc2c1[N+](=O)[O-]. The van der Waals surface area contributed by atoms with E-state index in [1.54, 1.807) is 36.7 Å². The number of thiazole rings is 1. The molecule has 0 aliphatic rings. The Morgan fingerprint density at radius 1 is 1.29 bits per heavy atom. The Bertz CT molecular complexity index is 844. The maximum absolute atomic E-state index is 11.3. The molecule has 1 aromatic heterocycles. The molecule has 21 heavy (non-hydrogen) atoms. The van der Waals surface area contributed by atoms with Gasteiger partial charge in [-0.1, -0.05) is 6.07 Å². The van der Waals surface area contributed by atoms with Crippen molar-refractivity contribution in [2.45, 2.75) is 6.92 Å². The molecule has 0 atom stereocenters. The molecule has 106 valence electrons. The zero-order chi connectivity index (χ0) is 15.0. The highest BCUT2D eigenvalue weighted by atomic mass is 32.1. The van der Waals surface area contributed by atoms with Gasteiger partial charge in [0.1, 0.15) is 11.5 Å². The number of nitro benzene ring substituents is 1. The summed E-state index contributed by atoms with van der Waals surface area (Å²) in [5.41, 5.74) is 2.21. The fraction of sp³-hybridized carbons (Fsp3) is 0.0714. The van der Waals surface area contributed by atoms with Gasteiger partial charge in [0.25, 0.3) is 0 Å². The Balaban J connectivity index is 2.14. The van der Waals surface area contributed by atoms with E-state index in [9.17, 15) is 15.2 Å². The van der Waals surface area contributed by atoms with Crippen molar-refractivity contribution < 1.29 is 14.8 Å². The van der Waals surface area contributed by atoms with Crippen LogP contribution < -0.4 is 4.74 Å². The van der Waals surface area contributed by atoms with E-state index in [0.29, 0.717) is 16.8 Å². The molecule has 0 aliphatic heterocycles. The van der Waals surface area contributed by atoms with E-state index >= 15 is 0 Å². The highest BCUT2D eigenvalue weighted by Gasteiger charge is 2.23. The molecular weight excluding hydrogens is 292 g/mol. The average Bonchev–Trinajstić information content (AvgIpc) is 2.91. The normalized spacial score (nSPS) is 10.7. The molecule has 0 fully saturated rings. The molecule has 6 nitrogen and oxygen atoms in total. The quantitative estimate of drug-likeness (QED) is 0.583. The molecular formula is C14H10N2O4S. The fourth-order valence-corrected chi connectivity index (χ4v) is 2.67. The minimum Gasteiger partial charge on any atom is -0.508 e. The van der Waals surface area contributed by atoms with Gasteiger partial charge in [0.2, 0.25) is 5.75 Å². The van der Waals surface area contributed by atoms with E-state index in [0.717, 1.165) is 4.70 Å². The molecule has 0 aliphatic carbocycles. The summed E-state index contributed by atoms with van der Waals surface area (Å²) < 4.78 is 6.35. The highest BCUT2D eigenvalue weighted by Crippen LogP contribution is 2.39. The second kappa shape index (κ2) is 5.02. The number of nitrogens with zero attached hydrogens (tertiary/aromatic N) is 2. The van der Waals surface area contributed by atoms with Gasteiger partial charge in [0.15, 0.2) is 5.52 Å². The van der Waals surface area contributed by atoms with E-state index in [1.807, 2.05) is 0 Å². The van der Waals surface area contributed by atoms with Crippen molar-refractivity contribution >= 4 is 27.2 Å². The molecule has 0 amide bonds. The van der Waals surface area contributed by atoms with Crippen LogP contribution in [-0.2, 0) is 0 Å². The van der Waals surface area contributed by atoms with Gasteiger partial charge in [0.05, 0.1) is 15.1 Å². The van der Waals surface area contributed by atoms with E-state index in [-0.39, 0.29) is 17.2 Å². The number of aromatic hydroxyl groups is 1. The minimum absolute atomic E-state index is 0.0740. The molecule has 0 radical (unpaired) electrons. The monoisotopic (exact) mass is 302 g/mol. The number of hydrogen-bond acceptors (Lipinski definition) is 6. The van der Waals surface area contributed by atoms with Crippen LogP contribution in [0.4, 0.5) is 5.69 Å². The maximum Gasteiger partial charge on any atom is 0.338 e. The van der Waals surface area contributed by atoms with Crippen LogP contribution in [0.3, 0.4) is 0 Å². The molecule has 0 spiro atoms. The topological polar surface area (TPSA) is 85.5 Å². The van der Waals surface area contributed by atoms with Crippen molar-refractivity contribution in [3.63, 3.8) is 0 Å². The number of nitro groups is 1. The summed E-state index contributed by atoms with van der Waals surface area (Å²) in [6, 6.07) is 8.06. The summed E-state index contributed by atoms with van der Waals surface area (Å²) in [6.45, 7) is 1.68. The fourth-order valence-electron chi connectivity index (χ4n) is 1.99. The predicted molar refractivity (Wildman–Crippen MR) is 79.2 cm³/mol. The van der Waals surface area contributed by atoms with Crippen LogP contribution in [0.1, 0.15) is 5.56 Å². The van der Waals surface area contributed by atoms with Crippen LogP contribution in [-0.4, -0.2) is 15.0 Å². The van der Waals surface area contributed by atoms with Gasteiger partial charge in [-0.2, -0.15) is 0 Å². The first-order chi connectivity index (χ1) is 10.1. The summed E-state index contributed by atoms with van der Waals surface area (Å²) in [5.74, 6) is 0.546. The van der Waals surface area contributed by atoms with E-state index < -0.39 is 4.92 Å². The van der Waals surface area contributed by atoms with Crippen molar-refractivity contribution in [1.29, 1.82) is 0 Å². The second-order valence-corrected chi connectivity index (χ2v) is 5.26. The molecule has 0 bridgehead atoms. The number of phenols is 1. The Morgan fingerprint density at radius 3 is 2.86 bits per heavy atom. The molecule has 0 saturated heterocycles. The van der Waals surface area contributed by atoms with E-state index in [4.69, 9.17) is 4.74 Å². The summed E-state index contributed by atoms with van der Waals surface area (Å²) in [6.07, 6.45) is 0. The summed E-state index contributed by atoms with van der Waals surface area (Å²) >= 11 is 1.33. The van der Waals surface area contributed by atoms with Crippen molar-refractivity contribution in [3.05, 3.63) is 51.5 Å².